The molecule has 0 N–H and O–H groups in total. The highest BCUT2D eigenvalue weighted by Crippen LogP contribution is 2.43. The zero-order valence-corrected chi connectivity index (χ0v) is 18.6. The molecular formula is C23H35O3Si. The number of carbonyl (C=O) groups is 1. The van der Waals surface area contributed by atoms with Gasteiger partial charge in [0.2, 0.25) is 0 Å². The van der Waals surface area contributed by atoms with Crippen LogP contribution in [-0.2, 0) is 9.78 Å². The Balaban J connectivity index is 2.03. The van der Waals surface area contributed by atoms with E-state index in [1.165, 1.54) is 11.6 Å². The second kappa shape index (κ2) is 9.20. The van der Waals surface area contributed by atoms with E-state index in [9.17, 15) is 4.79 Å². The van der Waals surface area contributed by atoms with Crippen molar-refractivity contribution in [2.24, 2.45) is 11.3 Å². The summed E-state index contributed by atoms with van der Waals surface area (Å²) in [7, 11) is -1.65. The maximum Gasteiger partial charge on any atom is 0.373 e. The number of hydrogen-bond donors (Lipinski definition) is 0. The summed E-state index contributed by atoms with van der Waals surface area (Å²) in [5.41, 5.74) is 2.79. The average molecular weight is 388 g/mol. The van der Waals surface area contributed by atoms with Crippen LogP contribution in [0.2, 0.25) is 12.1 Å². The summed E-state index contributed by atoms with van der Waals surface area (Å²) >= 11 is 0. The molecule has 0 spiro atoms. The molecule has 1 saturated carbocycles. The van der Waals surface area contributed by atoms with Crippen molar-refractivity contribution in [3.05, 3.63) is 48.2 Å². The molecule has 1 fully saturated rings. The van der Waals surface area contributed by atoms with E-state index in [4.69, 9.17) is 9.78 Å². The number of benzene rings is 1. The lowest BCUT2D eigenvalue weighted by Crippen LogP contribution is -2.44. The Kier molecular flexibility index (Phi) is 7.46. The first kappa shape index (κ1) is 21.9. The molecular weight excluding hydrogens is 352 g/mol. The fraction of sp³-hybridized carbons (Fsp3) is 0.565. The molecule has 0 heterocycles. The minimum absolute atomic E-state index is 0.114. The second-order valence-electron chi connectivity index (χ2n) is 8.73. The summed E-state index contributed by atoms with van der Waals surface area (Å²) in [5.74, 6) is -0.0964. The molecule has 1 aromatic rings. The average Bonchev–Trinajstić information content (AvgIpc) is 2.68. The number of carbonyl (C=O) groups excluding carboxylic acids is 1. The highest BCUT2D eigenvalue weighted by atomic mass is 28.3. The summed E-state index contributed by atoms with van der Waals surface area (Å²) in [5, 5.41) is 1.31. The molecule has 4 heteroatoms. The van der Waals surface area contributed by atoms with E-state index in [1.54, 1.807) is 0 Å². The lowest BCUT2D eigenvalue weighted by atomic mass is 9.71. The van der Waals surface area contributed by atoms with Crippen LogP contribution in [0.3, 0.4) is 0 Å². The van der Waals surface area contributed by atoms with Crippen molar-refractivity contribution in [1.82, 2.24) is 0 Å². The van der Waals surface area contributed by atoms with Gasteiger partial charge in [-0.3, -0.25) is 4.89 Å². The third-order valence-corrected chi connectivity index (χ3v) is 11.0. The Bertz CT molecular complexity index is 626. The van der Waals surface area contributed by atoms with Gasteiger partial charge in [-0.15, -0.1) is 6.58 Å². The quantitative estimate of drug-likeness (QED) is 0.329. The Morgan fingerprint density at radius 1 is 1.19 bits per heavy atom. The van der Waals surface area contributed by atoms with Crippen molar-refractivity contribution in [2.75, 3.05) is 0 Å². The molecule has 1 atom stereocenters. The molecule has 1 aliphatic carbocycles. The van der Waals surface area contributed by atoms with Gasteiger partial charge in [-0.25, -0.2) is 4.79 Å². The van der Waals surface area contributed by atoms with Gasteiger partial charge < -0.3 is 0 Å². The van der Waals surface area contributed by atoms with Crippen LogP contribution in [0.1, 0.15) is 70.7 Å². The summed E-state index contributed by atoms with van der Waals surface area (Å²) in [6, 6.07) is 10.1. The van der Waals surface area contributed by atoms with Crippen molar-refractivity contribution in [3.8, 4) is 0 Å². The zero-order valence-electron chi connectivity index (χ0n) is 17.6. The molecule has 2 rings (SSSR count). The van der Waals surface area contributed by atoms with Crippen molar-refractivity contribution in [3.63, 3.8) is 0 Å². The molecule has 1 radical (unpaired) electrons. The zero-order chi connectivity index (χ0) is 20.1. The van der Waals surface area contributed by atoms with Gasteiger partial charge in [-0.1, -0.05) is 82.6 Å². The van der Waals surface area contributed by atoms with E-state index >= 15 is 0 Å². The Hall–Kier alpha value is -1.39. The first-order valence-corrected chi connectivity index (χ1v) is 12.7. The minimum Gasteiger partial charge on any atom is -0.292 e. The lowest BCUT2D eigenvalue weighted by Gasteiger charge is -2.37. The van der Waals surface area contributed by atoms with Crippen molar-refractivity contribution in [2.45, 2.75) is 72.4 Å². The van der Waals surface area contributed by atoms with Crippen molar-refractivity contribution >= 4 is 19.2 Å². The van der Waals surface area contributed by atoms with Crippen molar-refractivity contribution in [1.29, 1.82) is 0 Å². The van der Waals surface area contributed by atoms with Gasteiger partial charge in [-0.05, 0) is 30.4 Å². The third kappa shape index (κ3) is 5.11. The largest absolute Gasteiger partial charge is 0.373 e. The molecule has 1 aliphatic rings. The van der Waals surface area contributed by atoms with Gasteiger partial charge >= 0.3 is 5.97 Å². The smallest absolute Gasteiger partial charge is 0.292 e. The first-order valence-electron chi connectivity index (χ1n) is 10.3. The van der Waals surface area contributed by atoms with Crippen LogP contribution in [0.4, 0.5) is 0 Å². The van der Waals surface area contributed by atoms with Crippen LogP contribution >= 0.6 is 0 Å². The Morgan fingerprint density at radius 2 is 1.81 bits per heavy atom. The van der Waals surface area contributed by atoms with Crippen LogP contribution in [0.25, 0.3) is 0 Å². The molecule has 0 amide bonds. The Morgan fingerprint density at radius 3 is 2.33 bits per heavy atom. The van der Waals surface area contributed by atoms with Gasteiger partial charge in [0.1, 0.15) is 8.07 Å². The number of hydrogen-bond acceptors (Lipinski definition) is 3. The fourth-order valence-corrected chi connectivity index (χ4v) is 7.10. The van der Waals surface area contributed by atoms with Crippen LogP contribution in [0, 0.1) is 17.4 Å². The predicted molar refractivity (Wildman–Crippen MR) is 114 cm³/mol. The molecule has 0 saturated heterocycles. The van der Waals surface area contributed by atoms with Crippen LogP contribution in [-0.4, -0.2) is 14.0 Å². The van der Waals surface area contributed by atoms with E-state index in [2.05, 4.69) is 59.0 Å². The highest BCUT2D eigenvalue weighted by molar-refractivity contribution is 6.95. The summed E-state index contributed by atoms with van der Waals surface area (Å²) < 4.78 is 0. The molecule has 0 bridgehead atoms. The van der Waals surface area contributed by atoms with E-state index < -0.39 is 14.0 Å². The minimum atomic E-state index is -1.65. The van der Waals surface area contributed by atoms with E-state index in [0.717, 1.165) is 37.5 Å². The monoisotopic (exact) mass is 387 g/mol. The topological polar surface area (TPSA) is 35.5 Å². The summed E-state index contributed by atoms with van der Waals surface area (Å²) in [6.45, 7) is 15.1. The molecule has 1 aromatic carbocycles. The molecule has 0 aromatic heterocycles. The summed E-state index contributed by atoms with van der Waals surface area (Å²) in [4.78, 5) is 23.2. The first-order chi connectivity index (χ1) is 12.8. The molecule has 149 valence electrons. The van der Waals surface area contributed by atoms with E-state index in [0.29, 0.717) is 11.5 Å². The number of rotatable bonds is 7. The SMILES string of the molecule is C=C[Si](CC)(CC)c1ccc(C(=O)OO[C]2CCCCC2C(C)(C)C)cc1. The summed E-state index contributed by atoms with van der Waals surface area (Å²) in [6.07, 6.45) is 5.17. The highest BCUT2D eigenvalue weighted by Gasteiger charge is 2.37. The lowest BCUT2D eigenvalue weighted by molar-refractivity contribution is -0.252. The van der Waals surface area contributed by atoms with Gasteiger partial charge in [-0.2, -0.15) is 4.89 Å². The normalized spacial score (nSPS) is 18.9. The van der Waals surface area contributed by atoms with Crippen LogP contribution in [0.5, 0.6) is 0 Å². The van der Waals surface area contributed by atoms with Crippen molar-refractivity contribution < 1.29 is 14.6 Å². The molecule has 27 heavy (non-hydrogen) atoms. The maximum absolute atomic E-state index is 12.4. The van der Waals surface area contributed by atoms with Gasteiger partial charge in [0.05, 0.1) is 5.56 Å². The van der Waals surface area contributed by atoms with Crippen LogP contribution in [0.15, 0.2) is 36.5 Å². The van der Waals surface area contributed by atoms with Crippen LogP contribution < -0.4 is 5.19 Å². The Labute approximate surface area is 166 Å². The maximum atomic E-state index is 12.4. The standard InChI is InChI=1S/C23H35O3Si/c1-7-27(8-2,9-3)19-16-14-18(15-17-19)22(24)26-25-21-13-11-10-12-20(21)23(4,5)6/h7,14-17,20H,1,8-13H2,2-6H3. The molecule has 0 aliphatic heterocycles. The fourth-order valence-electron chi connectivity index (χ4n) is 4.14. The van der Waals surface area contributed by atoms with Gasteiger partial charge in [0.25, 0.3) is 0 Å². The predicted octanol–water partition coefficient (Wildman–Crippen LogP) is 5.96. The molecule has 3 nitrogen and oxygen atoms in total. The van der Waals surface area contributed by atoms with E-state index in [1.807, 2.05) is 12.1 Å². The third-order valence-electron chi connectivity index (χ3n) is 6.17. The van der Waals surface area contributed by atoms with E-state index in [-0.39, 0.29) is 5.41 Å². The van der Waals surface area contributed by atoms with Gasteiger partial charge in [0, 0.05) is 5.92 Å². The second-order valence-corrected chi connectivity index (χ2v) is 13.4. The molecule has 1 unspecified atom stereocenters. The van der Waals surface area contributed by atoms with Gasteiger partial charge in [0.15, 0.2) is 6.10 Å².